The Morgan fingerprint density at radius 1 is 0.816 bits per heavy atom. The second-order valence-electron chi connectivity index (χ2n) is 22.8. The van der Waals surface area contributed by atoms with Gasteiger partial charge in [0.25, 0.3) is 0 Å². The summed E-state index contributed by atoms with van der Waals surface area (Å²) >= 11 is 1.57. The van der Waals surface area contributed by atoms with E-state index >= 15 is 0 Å². The van der Waals surface area contributed by atoms with Crippen LogP contribution in [0.3, 0.4) is 0 Å². The number of nitrogens with two attached hydrogens (primary N) is 1. The molecule has 410 valence electrons. The molecule has 0 saturated carbocycles. The lowest BCUT2D eigenvalue weighted by molar-refractivity contribution is -0.144. The van der Waals surface area contributed by atoms with Crippen molar-refractivity contribution in [1.82, 2.24) is 31.2 Å². The Hall–Kier alpha value is -6.37. The van der Waals surface area contributed by atoms with Gasteiger partial charge in [0.1, 0.15) is 30.0 Å². The van der Waals surface area contributed by atoms with Crippen LogP contribution in [0.2, 0.25) is 0 Å². The SMILES string of the molecule is Cc1ncsc1-c1ccc(CNC(=O)[C@@H]2C[C@@H](O)CN2C(=O)[C@@H](NC(=O)CCCCc2ccc(CCC[C@H](CCC(N)=O)NC(=O)[C@@H]3Cc4cccc5c4N3C(O)[C@@H](NC(=O)OC(C)(C)C)CC5)cc2)C(C)(C)C)cc1. The Balaban J connectivity index is 0.860. The number of aliphatic hydroxyl groups is 2. The van der Waals surface area contributed by atoms with E-state index in [0.717, 1.165) is 75.3 Å². The molecule has 4 heterocycles. The van der Waals surface area contributed by atoms with Gasteiger partial charge in [0.15, 0.2) is 0 Å². The van der Waals surface area contributed by atoms with Gasteiger partial charge in [-0.05, 0) is 124 Å². The fraction of sp³-hybridized carbons (Fsp3) is 0.534. The lowest BCUT2D eigenvalue weighted by atomic mass is 9.85. The molecule has 0 spiro atoms. The van der Waals surface area contributed by atoms with Crippen molar-refractivity contribution in [3.8, 4) is 10.4 Å². The van der Waals surface area contributed by atoms with E-state index in [9.17, 15) is 39.0 Å². The molecule has 0 aliphatic carbocycles. The maximum atomic E-state index is 14.2. The summed E-state index contributed by atoms with van der Waals surface area (Å²) in [5.74, 6) is -1.73. The molecule has 8 N–H and O–H groups in total. The van der Waals surface area contributed by atoms with E-state index in [0.29, 0.717) is 38.5 Å². The number of carbonyl (C=O) groups excluding carboxylic acids is 6. The molecule has 1 aromatic heterocycles. The molecule has 6 amide bonds. The van der Waals surface area contributed by atoms with Gasteiger partial charge in [0.2, 0.25) is 29.5 Å². The number of ether oxygens (including phenoxy) is 1. The van der Waals surface area contributed by atoms with Crippen LogP contribution in [0.15, 0.2) is 72.2 Å². The molecule has 76 heavy (non-hydrogen) atoms. The molecule has 1 fully saturated rings. The minimum atomic E-state index is -1.18. The Kier molecular flexibility index (Phi) is 19.0. The number of alkyl carbamates (subject to hydrolysis) is 1. The molecule has 3 aliphatic heterocycles. The summed E-state index contributed by atoms with van der Waals surface area (Å²) in [6.07, 6.45) is 3.73. The van der Waals surface area contributed by atoms with Gasteiger partial charge in [-0.3, -0.25) is 24.0 Å². The van der Waals surface area contributed by atoms with Crippen molar-refractivity contribution in [2.45, 2.75) is 187 Å². The van der Waals surface area contributed by atoms with Crippen molar-refractivity contribution >= 4 is 52.7 Å². The van der Waals surface area contributed by atoms with Crippen LogP contribution in [0.25, 0.3) is 10.4 Å². The largest absolute Gasteiger partial charge is 0.444 e. The summed E-state index contributed by atoms with van der Waals surface area (Å²) < 4.78 is 5.50. The smallest absolute Gasteiger partial charge is 0.408 e. The molecule has 1 saturated heterocycles. The number of para-hydroxylation sites is 1. The van der Waals surface area contributed by atoms with Crippen molar-refractivity contribution < 1.29 is 43.7 Å². The maximum Gasteiger partial charge on any atom is 0.408 e. The summed E-state index contributed by atoms with van der Waals surface area (Å²) in [4.78, 5) is 88.6. The van der Waals surface area contributed by atoms with Gasteiger partial charge in [-0.15, -0.1) is 11.3 Å². The zero-order valence-electron chi connectivity index (χ0n) is 45.2. The van der Waals surface area contributed by atoms with Gasteiger partial charge in [-0.1, -0.05) is 87.5 Å². The van der Waals surface area contributed by atoms with E-state index in [2.05, 4.69) is 50.5 Å². The molecule has 3 aromatic carbocycles. The van der Waals surface area contributed by atoms with Crippen LogP contribution < -0.4 is 31.9 Å². The van der Waals surface area contributed by atoms with Crippen molar-refractivity contribution in [1.29, 1.82) is 0 Å². The number of thiazole rings is 1. The maximum absolute atomic E-state index is 14.2. The number of primary amides is 1. The number of unbranched alkanes of at least 4 members (excludes halogenated alkanes) is 1. The number of hydrogen-bond donors (Lipinski definition) is 7. The normalized spacial score (nSPS) is 20.0. The molecule has 0 radical (unpaired) electrons. The first-order valence-electron chi connectivity index (χ1n) is 26.8. The topological polar surface area (TPSA) is 246 Å². The number of amides is 6. The molecule has 3 aliphatic rings. The summed E-state index contributed by atoms with van der Waals surface area (Å²) in [6, 6.07) is 18.6. The van der Waals surface area contributed by atoms with Gasteiger partial charge in [0, 0.05) is 50.5 Å². The monoisotopic (exact) mass is 1060 g/mol. The predicted molar refractivity (Wildman–Crippen MR) is 293 cm³/mol. The molecular formula is C58H78N8O9S. The Morgan fingerprint density at radius 2 is 1.49 bits per heavy atom. The number of β-amino-alcohol motifs (C(OH)–C–C–N with tert-alkyl or cyclic N) is 1. The minimum absolute atomic E-state index is 0.000296. The van der Waals surface area contributed by atoms with Gasteiger partial charge in [-0.2, -0.15) is 0 Å². The molecule has 7 atom stereocenters. The molecule has 1 unspecified atom stereocenters. The first-order chi connectivity index (χ1) is 36.0. The van der Waals surface area contributed by atoms with Crippen LogP contribution in [-0.2, 0) is 60.9 Å². The first kappa shape index (κ1) is 57.3. The van der Waals surface area contributed by atoms with Crippen molar-refractivity contribution in [2.24, 2.45) is 11.1 Å². The van der Waals surface area contributed by atoms with Crippen molar-refractivity contribution in [3.63, 3.8) is 0 Å². The second-order valence-corrected chi connectivity index (χ2v) is 23.7. The zero-order chi connectivity index (χ0) is 54.9. The number of aliphatic hydroxyl groups excluding tert-OH is 2. The van der Waals surface area contributed by atoms with E-state index in [4.69, 9.17) is 10.5 Å². The number of nitrogens with zero attached hydrogens (tertiary/aromatic N) is 3. The van der Waals surface area contributed by atoms with E-state index in [-0.39, 0.29) is 56.1 Å². The van der Waals surface area contributed by atoms with Crippen LogP contribution in [0.4, 0.5) is 10.5 Å². The molecule has 7 rings (SSSR count). The number of nitrogens with one attached hydrogen (secondary N) is 4. The highest BCUT2D eigenvalue weighted by atomic mass is 32.1. The van der Waals surface area contributed by atoms with Gasteiger partial charge in [-0.25, -0.2) is 9.78 Å². The minimum Gasteiger partial charge on any atom is -0.444 e. The fourth-order valence-corrected chi connectivity index (χ4v) is 11.4. The van der Waals surface area contributed by atoms with Gasteiger partial charge in [0.05, 0.1) is 28.2 Å². The van der Waals surface area contributed by atoms with Crippen LogP contribution in [0.1, 0.15) is 133 Å². The third-order valence-electron chi connectivity index (χ3n) is 14.5. The Bertz CT molecular complexity index is 2680. The average molecular weight is 1060 g/mol. The average Bonchev–Trinajstić information content (AvgIpc) is 4.08. The standard InChI is InChI=1S/C58H78N8O9S/c1-35-50(76-34-61-35)40-24-22-38(23-25-40)32-60-52(70)45-31-43(67)33-65(45)55(73)51(57(2,3)4)64-48(69)17-9-8-12-36-18-20-37(21-19-36)13-10-16-42(27-29-47(59)68)62-53(71)46-30-41-15-11-14-39-26-28-44(54(72)66(46)49(39)41)63-56(74)75-58(5,6)7/h11,14-15,18-25,34,42-46,51,54,67,72H,8-10,12-13,16-17,26-33H2,1-7H3,(H2,59,68)(H,60,70)(H,62,71)(H,63,74)(H,64,69)/t42-,43-,44+,45+,46+,51-,54?/m1/s1. The number of aryl methyl sites for hydroxylation is 4. The third kappa shape index (κ3) is 15.2. The number of carbonyl (C=O) groups is 6. The number of hydrogen-bond acceptors (Lipinski definition) is 12. The van der Waals surface area contributed by atoms with Gasteiger partial charge < -0.3 is 51.8 Å². The van der Waals surface area contributed by atoms with Gasteiger partial charge >= 0.3 is 6.09 Å². The van der Waals surface area contributed by atoms with Crippen molar-refractivity contribution in [2.75, 3.05) is 11.4 Å². The lowest BCUT2D eigenvalue weighted by Crippen LogP contribution is -2.58. The Labute approximate surface area is 451 Å². The molecule has 17 nitrogen and oxygen atoms in total. The summed E-state index contributed by atoms with van der Waals surface area (Å²) in [5, 5.41) is 34.4. The molecule has 4 aromatic rings. The van der Waals surface area contributed by atoms with Crippen LogP contribution >= 0.6 is 11.3 Å². The summed E-state index contributed by atoms with van der Waals surface area (Å²) in [6.45, 7) is 13.2. The molecule has 18 heteroatoms. The molecule has 0 bridgehead atoms. The second kappa shape index (κ2) is 25.2. The highest BCUT2D eigenvalue weighted by Gasteiger charge is 2.46. The van der Waals surface area contributed by atoms with Crippen molar-refractivity contribution in [3.05, 3.63) is 106 Å². The zero-order valence-corrected chi connectivity index (χ0v) is 46.0. The van der Waals surface area contributed by atoms with Crippen LogP contribution in [0, 0.1) is 12.3 Å². The lowest BCUT2D eigenvalue weighted by Gasteiger charge is -2.36. The number of aromatic nitrogens is 1. The number of benzene rings is 3. The van der Waals surface area contributed by atoms with Crippen LogP contribution in [-0.4, -0.2) is 110 Å². The fourth-order valence-electron chi connectivity index (χ4n) is 10.6. The number of anilines is 1. The number of likely N-dealkylation sites (tertiary alicyclic amines) is 1. The predicted octanol–water partition coefficient (Wildman–Crippen LogP) is 6.30. The highest BCUT2D eigenvalue weighted by molar-refractivity contribution is 7.13. The summed E-state index contributed by atoms with van der Waals surface area (Å²) in [5.41, 5.74) is 13.9. The van der Waals surface area contributed by atoms with E-state index in [1.807, 2.05) is 75.7 Å². The highest BCUT2D eigenvalue weighted by Crippen LogP contribution is 2.41. The molecular weight excluding hydrogens is 985 g/mol. The first-order valence-corrected chi connectivity index (χ1v) is 27.7. The summed E-state index contributed by atoms with van der Waals surface area (Å²) in [7, 11) is 0. The number of rotatable bonds is 21. The third-order valence-corrected chi connectivity index (χ3v) is 15.5. The van der Waals surface area contributed by atoms with E-state index < -0.39 is 65.4 Å². The van der Waals surface area contributed by atoms with Crippen LogP contribution in [0.5, 0.6) is 0 Å². The quantitative estimate of drug-likeness (QED) is 0.0457. The Morgan fingerprint density at radius 3 is 2.13 bits per heavy atom. The van der Waals surface area contributed by atoms with E-state index in [1.54, 1.807) is 37.0 Å². The van der Waals surface area contributed by atoms with E-state index in [1.165, 1.54) is 4.90 Å².